The zero-order chi connectivity index (χ0) is 18.1. The average molecular weight is 465 g/mol. The maximum absolute atomic E-state index is 6.34. The Labute approximate surface area is 160 Å². The van der Waals surface area contributed by atoms with Gasteiger partial charge in [-0.05, 0) is 0 Å². The van der Waals surface area contributed by atoms with Crippen molar-refractivity contribution in [2.75, 3.05) is 52.5 Å². The Bertz CT molecular complexity index is 341. The summed E-state index contributed by atoms with van der Waals surface area (Å²) in [6.07, 6.45) is 5.06. The summed E-state index contributed by atoms with van der Waals surface area (Å²) >= 11 is -3.90. The molecule has 2 aliphatic heterocycles. The molecule has 2 saturated heterocycles. The molecule has 2 rings (SSSR count). The zero-order valence-corrected chi connectivity index (χ0v) is 19.5. The first-order valence-corrected chi connectivity index (χ1v) is 14.8. The SMILES string of the molecule is CCCCN1CC[O][Sn]2([O]CCN(CCCC)CC(C)[O]2)[O]C(C)C1. The van der Waals surface area contributed by atoms with E-state index in [0.29, 0.717) is 13.2 Å². The van der Waals surface area contributed by atoms with Crippen LogP contribution in [0.4, 0.5) is 0 Å². The van der Waals surface area contributed by atoms with Crippen LogP contribution in [0.15, 0.2) is 0 Å². The molecule has 0 radical (unpaired) electrons. The number of rotatable bonds is 6. The van der Waals surface area contributed by atoms with Gasteiger partial charge in [-0.15, -0.1) is 0 Å². The Hall–Kier alpha value is 0.559. The van der Waals surface area contributed by atoms with Gasteiger partial charge in [-0.1, -0.05) is 0 Å². The van der Waals surface area contributed by atoms with Crippen LogP contribution in [0.5, 0.6) is 0 Å². The molecule has 0 amide bonds. The van der Waals surface area contributed by atoms with E-state index in [0.717, 1.165) is 39.3 Å². The first kappa shape index (κ1) is 21.9. The maximum atomic E-state index is 6.34. The molecule has 0 N–H and O–H groups in total. The van der Waals surface area contributed by atoms with E-state index in [-0.39, 0.29) is 12.2 Å². The van der Waals surface area contributed by atoms with Gasteiger partial charge in [0.1, 0.15) is 0 Å². The fourth-order valence-electron chi connectivity index (χ4n) is 3.45. The van der Waals surface area contributed by atoms with Gasteiger partial charge in [0.2, 0.25) is 0 Å². The quantitative estimate of drug-likeness (QED) is 0.562. The van der Waals surface area contributed by atoms with Crippen molar-refractivity contribution in [3.05, 3.63) is 0 Å². The summed E-state index contributed by atoms with van der Waals surface area (Å²) in [4.78, 5) is 4.87. The van der Waals surface area contributed by atoms with Gasteiger partial charge in [0, 0.05) is 0 Å². The van der Waals surface area contributed by atoms with Crippen LogP contribution in [0, 0.1) is 0 Å². The minimum atomic E-state index is -3.90. The zero-order valence-electron chi connectivity index (χ0n) is 16.7. The number of hydrogen-bond acceptors (Lipinski definition) is 6. The van der Waals surface area contributed by atoms with Crippen LogP contribution in [0.2, 0.25) is 0 Å². The monoisotopic (exact) mass is 466 g/mol. The molecular formula is C18H38N2O4Sn. The summed E-state index contributed by atoms with van der Waals surface area (Å²) in [5.41, 5.74) is 0. The summed E-state index contributed by atoms with van der Waals surface area (Å²) < 4.78 is 25.1. The van der Waals surface area contributed by atoms with E-state index in [1.165, 1.54) is 25.7 Å². The van der Waals surface area contributed by atoms with Crippen LogP contribution in [-0.2, 0) is 12.3 Å². The summed E-state index contributed by atoms with van der Waals surface area (Å²) in [5.74, 6) is 0. The van der Waals surface area contributed by atoms with Crippen molar-refractivity contribution in [2.24, 2.45) is 0 Å². The molecule has 0 bridgehead atoms. The molecule has 7 heteroatoms. The molecule has 0 aromatic carbocycles. The fourth-order valence-corrected chi connectivity index (χ4v) is 9.81. The van der Waals surface area contributed by atoms with Crippen LogP contribution in [0.1, 0.15) is 53.4 Å². The predicted molar refractivity (Wildman–Crippen MR) is 101 cm³/mol. The van der Waals surface area contributed by atoms with Crippen molar-refractivity contribution in [3.63, 3.8) is 0 Å². The molecule has 0 aromatic rings. The van der Waals surface area contributed by atoms with Crippen molar-refractivity contribution in [1.29, 1.82) is 0 Å². The summed E-state index contributed by atoms with van der Waals surface area (Å²) in [5, 5.41) is 0. The first-order chi connectivity index (χ1) is 12.1. The fraction of sp³-hybridized carbons (Fsp3) is 1.00. The van der Waals surface area contributed by atoms with E-state index in [9.17, 15) is 0 Å². The molecule has 25 heavy (non-hydrogen) atoms. The van der Waals surface area contributed by atoms with Crippen LogP contribution in [-0.4, -0.2) is 94.5 Å². The summed E-state index contributed by atoms with van der Waals surface area (Å²) in [6, 6.07) is 0. The number of unbranched alkanes of at least 4 members (excludes halogenated alkanes) is 2. The molecule has 6 nitrogen and oxygen atoms in total. The van der Waals surface area contributed by atoms with Crippen molar-refractivity contribution in [1.82, 2.24) is 9.80 Å². The van der Waals surface area contributed by atoms with Crippen LogP contribution in [0.25, 0.3) is 0 Å². The van der Waals surface area contributed by atoms with E-state index >= 15 is 0 Å². The van der Waals surface area contributed by atoms with E-state index in [2.05, 4.69) is 37.5 Å². The van der Waals surface area contributed by atoms with Gasteiger partial charge in [0.25, 0.3) is 0 Å². The molecule has 0 saturated carbocycles. The molecular weight excluding hydrogens is 427 g/mol. The van der Waals surface area contributed by atoms with Crippen molar-refractivity contribution < 1.29 is 12.3 Å². The topological polar surface area (TPSA) is 43.4 Å². The van der Waals surface area contributed by atoms with Crippen LogP contribution in [0.3, 0.4) is 0 Å². The Kier molecular flexibility index (Phi) is 9.98. The molecule has 148 valence electrons. The molecule has 0 aromatic heterocycles. The first-order valence-electron chi connectivity index (χ1n) is 10.1. The Morgan fingerprint density at radius 1 is 0.800 bits per heavy atom. The minimum absolute atomic E-state index is 0.0933. The van der Waals surface area contributed by atoms with E-state index < -0.39 is 20.0 Å². The van der Waals surface area contributed by atoms with Gasteiger partial charge in [-0.2, -0.15) is 0 Å². The average Bonchev–Trinajstić information content (AvgIpc) is 2.53. The third kappa shape index (κ3) is 7.60. The third-order valence-corrected chi connectivity index (χ3v) is 11.9. The second-order valence-electron chi connectivity index (χ2n) is 7.36. The molecule has 2 aliphatic rings. The van der Waals surface area contributed by atoms with Gasteiger partial charge < -0.3 is 0 Å². The predicted octanol–water partition coefficient (Wildman–Crippen LogP) is 2.50. The molecule has 1 spiro atoms. The number of nitrogens with zero attached hydrogens (tertiary/aromatic N) is 2. The van der Waals surface area contributed by atoms with Gasteiger partial charge in [-0.25, -0.2) is 0 Å². The molecule has 2 heterocycles. The van der Waals surface area contributed by atoms with Crippen LogP contribution < -0.4 is 0 Å². The van der Waals surface area contributed by atoms with E-state index in [1.54, 1.807) is 0 Å². The van der Waals surface area contributed by atoms with Gasteiger partial charge >= 0.3 is 160 Å². The van der Waals surface area contributed by atoms with Crippen molar-refractivity contribution in [2.45, 2.75) is 65.6 Å². The van der Waals surface area contributed by atoms with E-state index in [1.807, 2.05) is 0 Å². The molecule has 2 fully saturated rings. The molecule has 0 aliphatic carbocycles. The van der Waals surface area contributed by atoms with Crippen molar-refractivity contribution >= 4 is 20.0 Å². The molecule has 2 unspecified atom stereocenters. The molecule has 2 atom stereocenters. The van der Waals surface area contributed by atoms with Gasteiger partial charge in [0.05, 0.1) is 0 Å². The van der Waals surface area contributed by atoms with Gasteiger partial charge in [-0.3, -0.25) is 0 Å². The normalized spacial score (nSPS) is 33.6. The standard InChI is InChI=1S/2C9H19NO2.Sn/c2*1-3-4-5-10(6-7-11)8-9(2)12;/h2*9H,3-8H2,1-2H3;/q2*-2;+4. The summed E-state index contributed by atoms with van der Waals surface area (Å²) in [7, 11) is 0. The third-order valence-electron chi connectivity index (χ3n) is 4.75. The summed E-state index contributed by atoms with van der Waals surface area (Å²) in [6.45, 7) is 16.0. The van der Waals surface area contributed by atoms with Crippen LogP contribution >= 0.6 is 0 Å². The van der Waals surface area contributed by atoms with E-state index in [4.69, 9.17) is 12.3 Å². The Balaban J connectivity index is 1.91. The second kappa shape index (κ2) is 11.4. The van der Waals surface area contributed by atoms with Gasteiger partial charge in [0.15, 0.2) is 0 Å². The number of hydrogen-bond donors (Lipinski definition) is 0. The van der Waals surface area contributed by atoms with Crippen molar-refractivity contribution in [3.8, 4) is 0 Å². The second-order valence-corrected chi connectivity index (χ2v) is 13.2. The Morgan fingerprint density at radius 3 is 1.64 bits per heavy atom. The Morgan fingerprint density at radius 2 is 1.24 bits per heavy atom.